The highest BCUT2D eigenvalue weighted by atomic mass is 32.2. The first-order valence-corrected chi connectivity index (χ1v) is 8.50. The van der Waals surface area contributed by atoms with Gasteiger partial charge in [0.15, 0.2) is 5.78 Å². The number of thioether (sulfide) groups is 1. The maximum Gasteiger partial charge on any atom is 0.244 e. The van der Waals surface area contributed by atoms with Gasteiger partial charge in [-0.3, -0.25) is 9.59 Å². The van der Waals surface area contributed by atoms with Crippen LogP contribution in [0, 0.1) is 6.92 Å². The molecule has 2 N–H and O–H groups in total. The van der Waals surface area contributed by atoms with E-state index in [4.69, 9.17) is 0 Å². The van der Waals surface area contributed by atoms with Gasteiger partial charge in [0.2, 0.25) is 5.91 Å². The van der Waals surface area contributed by atoms with Crippen molar-refractivity contribution < 1.29 is 14.7 Å². The standard InChI is InChI=1S/C17H21NO3S/c1-13-2-4-14(5-3-13)15(20)6-7-16(21)18-17(12-19)8-10-22-11-9-17/h2-7,19H,8-12H2,1H3,(H,18,21). The molecular formula is C17H21NO3S. The molecule has 0 radical (unpaired) electrons. The Morgan fingerprint density at radius 1 is 1.23 bits per heavy atom. The molecule has 5 heteroatoms. The topological polar surface area (TPSA) is 66.4 Å². The lowest BCUT2D eigenvalue weighted by atomic mass is 9.93. The van der Waals surface area contributed by atoms with E-state index in [-0.39, 0.29) is 18.3 Å². The molecule has 1 aliphatic heterocycles. The molecule has 0 bridgehead atoms. The quantitative estimate of drug-likeness (QED) is 0.644. The van der Waals surface area contributed by atoms with Crippen LogP contribution in [-0.4, -0.2) is 40.4 Å². The van der Waals surface area contributed by atoms with E-state index in [1.54, 1.807) is 12.1 Å². The van der Waals surface area contributed by atoms with E-state index in [0.29, 0.717) is 5.56 Å². The zero-order chi connectivity index (χ0) is 16.0. The van der Waals surface area contributed by atoms with Gasteiger partial charge in [-0.05, 0) is 37.3 Å². The van der Waals surface area contributed by atoms with Crippen LogP contribution >= 0.6 is 11.8 Å². The predicted octanol–water partition coefficient (Wildman–Crippen LogP) is 2.11. The van der Waals surface area contributed by atoms with Gasteiger partial charge in [0.05, 0.1) is 12.1 Å². The molecule has 1 saturated heterocycles. The van der Waals surface area contributed by atoms with Crippen LogP contribution in [0.3, 0.4) is 0 Å². The minimum Gasteiger partial charge on any atom is -0.394 e. The average molecular weight is 319 g/mol. The first kappa shape index (κ1) is 16.8. The lowest BCUT2D eigenvalue weighted by Gasteiger charge is -2.35. The number of amides is 1. The number of rotatable bonds is 5. The molecule has 4 nitrogen and oxygen atoms in total. The fourth-order valence-electron chi connectivity index (χ4n) is 2.35. The lowest BCUT2D eigenvalue weighted by Crippen LogP contribution is -2.53. The Labute approximate surface area is 135 Å². The van der Waals surface area contributed by atoms with Crippen molar-refractivity contribution >= 4 is 23.5 Å². The highest BCUT2D eigenvalue weighted by Gasteiger charge is 2.32. The predicted molar refractivity (Wildman–Crippen MR) is 89.2 cm³/mol. The number of carbonyl (C=O) groups excluding carboxylic acids is 2. The SMILES string of the molecule is Cc1ccc(C(=O)C=CC(=O)NC2(CO)CCSCC2)cc1. The Hall–Kier alpha value is -1.59. The Bertz CT molecular complexity index is 560. The van der Waals surface area contributed by atoms with Crippen LogP contribution in [0.2, 0.25) is 0 Å². The Morgan fingerprint density at radius 3 is 2.45 bits per heavy atom. The number of aliphatic hydroxyl groups excluding tert-OH is 1. The fourth-order valence-corrected chi connectivity index (χ4v) is 3.63. The molecular weight excluding hydrogens is 298 g/mol. The number of ketones is 1. The van der Waals surface area contributed by atoms with Gasteiger partial charge in [-0.15, -0.1) is 0 Å². The van der Waals surface area contributed by atoms with E-state index in [9.17, 15) is 14.7 Å². The molecule has 1 amide bonds. The zero-order valence-corrected chi connectivity index (χ0v) is 13.5. The van der Waals surface area contributed by atoms with Crippen molar-refractivity contribution in [1.29, 1.82) is 0 Å². The fraction of sp³-hybridized carbons (Fsp3) is 0.412. The molecule has 0 aliphatic carbocycles. The second-order valence-electron chi connectivity index (χ2n) is 5.60. The van der Waals surface area contributed by atoms with Crippen molar-refractivity contribution in [2.75, 3.05) is 18.1 Å². The van der Waals surface area contributed by atoms with Crippen molar-refractivity contribution in [1.82, 2.24) is 5.32 Å². The van der Waals surface area contributed by atoms with Crippen molar-refractivity contribution in [2.24, 2.45) is 0 Å². The van der Waals surface area contributed by atoms with Crippen LogP contribution in [-0.2, 0) is 4.79 Å². The highest BCUT2D eigenvalue weighted by Crippen LogP contribution is 2.26. The second-order valence-corrected chi connectivity index (χ2v) is 6.83. The number of allylic oxidation sites excluding steroid dienone is 1. The molecule has 0 aromatic heterocycles. The van der Waals surface area contributed by atoms with E-state index in [1.165, 1.54) is 12.2 Å². The van der Waals surface area contributed by atoms with Gasteiger partial charge in [0, 0.05) is 11.6 Å². The summed E-state index contributed by atoms with van der Waals surface area (Å²) in [7, 11) is 0. The number of nitrogens with one attached hydrogen (secondary N) is 1. The molecule has 0 saturated carbocycles. The van der Waals surface area contributed by atoms with Crippen LogP contribution < -0.4 is 5.32 Å². The van der Waals surface area contributed by atoms with Crippen molar-refractivity contribution in [3.63, 3.8) is 0 Å². The van der Waals surface area contributed by atoms with Crippen molar-refractivity contribution in [3.05, 3.63) is 47.5 Å². The first-order valence-electron chi connectivity index (χ1n) is 7.34. The highest BCUT2D eigenvalue weighted by molar-refractivity contribution is 7.99. The third-order valence-corrected chi connectivity index (χ3v) is 4.85. The van der Waals surface area contributed by atoms with Gasteiger partial charge >= 0.3 is 0 Å². The summed E-state index contributed by atoms with van der Waals surface area (Å²) in [6.07, 6.45) is 4.03. The van der Waals surface area contributed by atoms with Gasteiger partial charge in [-0.2, -0.15) is 11.8 Å². The minimum atomic E-state index is -0.542. The Morgan fingerprint density at radius 2 is 1.86 bits per heavy atom. The number of hydrogen-bond acceptors (Lipinski definition) is 4. The third kappa shape index (κ3) is 4.45. The van der Waals surface area contributed by atoms with Crippen LogP contribution in [0.15, 0.2) is 36.4 Å². The van der Waals surface area contributed by atoms with E-state index < -0.39 is 5.54 Å². The zero-order valence-electron chi connectivity index (χ0n) is 12.7. The number of hydrogen-bond donors (Lipinski definition) is 2. The summed E-state index contributed by atoms with van der Waals surface area (Å²) in [5.41, 5.74) is 1.10. The number of carbonyl (C=O) groups is 2. The number of aryl methyl sites for hydroxylation is 1. The summed E-state index contributed by atoms with van der Waals surface area (Å²) in [4.78, 5) is 24.0. The number of benzene rings is 1. The van der Waals surface area contributed by atoms with Crippen LogP contribution in [0.4, 0.5) is 0 Å². The Kier molecular flexibility index (Phi) is 5.80. The molecule has 0 spiro atoms. The summed E-state index contributed by atoms with van der Waals surface area (Å²) in [6.45, 7) is 1.88. The molecule has 22 heavy (non-hydrogen) atoms. The number of aliphatic hydroxyl groups is 1. The van der Waals surface area contributed by atoms with Crippen molar-refractivity contribution in [3.8, 4) is 0 Å². The third-order valence-electron chi connectivity index (χ3n) is 3.86. The van der Waals surface area contributed by atoms with Crippen molar-refractivity contribution in [2.45, 2.75) is 25.3 Å². The van der Waals surface area contributed by atoms with E-state index in [1.807, 2.05) is 30.8 Å². The van der Waals surface area contributed by atoms with Gasteiger partial charge in [0.25, 0.3) is 0 Å². The largest absolute Gasteiger partial charge is 0.394 e. The van der Waals surface area contributed by atoms with Gasteiger partial charge in [-0.1, -0.05) is 29.8 Å². The molecule has 1 heterocycles. The molecule has 1 aliphatic rings. The first-order chi connectivity index (χ1) is 10.5. The smallest absolute Gasteiger partial charge is 0.244 e. The maximum absolute atomic E-state index is 12.0. The molecule has 0 atom stereocenters. The summed E-state index contributed by atoms with van der Waals surface area (Å²) in [5, 5.41) is 12.4. The normalized spacial score (nSPS) is 17.4. The van der Waals surface area contributed by atoms with Gasteiger partial charge in [-0.25, -0.2) is 0 Å². The van der Waals surface area contributed by atoms with E-state index in [0.717, 1.165) is 29.9 Å². The second kappa shape index (κ2) is 7.61. The minimum absolute atomic E-state index is 0.0704. The summed E-state index contributed by atoms with van der Waals surface area (Å²) < 4.78 is 0. The lowest BCUT2D eigenvalue weighted by molar-refractivity contribution is -0.119. The molecule has 0 unspecified atom stereocenters. The van der Waals surface area contributed by atoms with Gasteiger partial charge < -0.3 is 10.4 Å². The molecule has 1 aromatic rings. The maximum atomic E-state index is 12.0. The summed E-state index contributed by atoms with van der Waals surface area (Å²) in [6, 6.07) is 7.21. The van der Waals surface area contributed by atoms with Crippen LogP contribution in [0.25, 0.3) is 0 Å². The molecule has 1 aromatic carbocycles. The van der Waals surface area contributed by atoms with Crippen LogP contribution in [0.1, 0.15) is 28.8 Å². The van der Waals surface area contributed by atoms with Gasteiger partial charge in [0.1, 0.15) is 0 Å². The molecule has 2 rings (SSSR count). The molecule has 1 fully saturated rings. The van der Waals surface area contributed by atoms with E-state index >= 15 is 0 Å². The Balaban J connectivity index is 1.95. The average Bonchev–Trinajstić information content (AvgIpc) is 2.54. The van der Waals surface area contributed by atoms with Crippen LogP contribution in [0.5, 0.6) is 0 Å². The van der Waals surface area contributed by atoms with E-state index in [2.05, 4.69) is 5.32 Å². The summed E-state index contributed by atoms with van der Waals surface area (Å²) in [5.74, 6) is 1.31. The molecule has 118 valence electrons. The summed E-state index contributed by atoms with van der Waals surface area (Å²) >= 11 is 1.82. The monoisotopic (exact) mass is 319 g/mol.